The zero-order valence-electron chi connectivity index (χ0n) is 23.1. The predicted octanol–water partition coefficient (Wildman–Crippen LogP) is 5.70. The summed E-state index contributed by atoms with van der Waals surface area (Å²) in [6.45, 7) is 9.61. The fraction of sp³-hybridized carbons (Fsp3) is 0.303. The van der Waals surface area contributed by atoms with Gasteiger partial charge in [-0.05, 0) is 62.9 Å². The van der Waals surface area contributed by atoms with Gasteiger partial charge in [-0.2, -0.15) is 0 Å². The highest BCUT2D eigenvalue weighted by atomic mass is 16.6. The second-order valence-corrected chi connectivity index (χ2v) is 11.1. The second kappa shape index (κ2) is 11.0. The van der Waals surface area contributed by atoms with Crippen molar-refractivity contribution in [3.05, 3.63) is 135 Å². The highest BCUT2D eigenvalue weighted by Gasteiger charge is 2.27. The van der Waals surface area contributed by atoms with Crippen molar-refractivity contribution in [3.63, 3.8) is 0 Å². The Hall–Kier alpha value is -4.03. The molecule has 0 unspecified atom stereocenters. The van der Waals surface area contributed by atoms with Gasteiger partial charge in [0.1, 0.15) is 11.4 Å². The number of fused-ring (bicyclic) bond motifs is 1. The summed E-state index contributed by atoms with van der Waals surface area (Å²) >= 11 is 0. The van der Waals surface area contributed by atoms with Crippen LogP contribution in [0.2, 0.25) is 0 Å². The van der Waals surface area contributed by atoms with E-state index in [0.29, 0.717) is 30.9 Å². The minimum Gasteiger partial charge on any atom is -0.456 e. The van der Waals surface area contributed by atoms with E-state index in [2.05, 4.69) is 29.2 Å². The molecule has 1 aliphatic rings. The molecule has 0 saturated heterocycles. The molecule has 0 saturated carbocycles. The molecule has 0 amide bonds. The Kier molecular flexibility index (Phi) is 7.49. The number of carbonyl (C=O) groups excluding carboxylic acids is 1. The van der Waals surface area contributed by atoms with Crippen LogP contribution in [-0.2, 0) is 24.2 Å². The average molecular weight is 522 g/mol. The van der Waals surface area contributed by atoms with Crippen LogP contribution in [0.3, 0.4) is 0 Å². The normalized spacial score (nSPS) is 13.8. The van der Waals surface area contributed by atoms with E-state index in [1.807, 2.05) is 92.9 Å². The van der Waals surface area contributed by atoms with Crippen molar-refractivity contribution in [2.24, 2.45) is 0 Å². The second-order valence-electron chi connectivity index (χ2n) is 11.1. The zero-order valence-corrected chi connectivity index (χ0v) is 23.1. The Morgan fingerprint density at radius 1 is 0.923 bits per heavy atom. The van der Waals surface area contributed by atoms with E-state index >= 15 is 0 Å². The molecule has 1 aromatic heterocycles. The average Bonchev–Trinajstić information content (AvgIpc) is 2.91. The third-order valence-corrected chi connectivity index (χ3v) is 7.01. The van der Waals surface area contributed by atoms with E-state index in [9.17, 15) is 9.59 Å². The monoisotopic (exact) mass is 521 g/mol. The van der Waals surface area contributed by atoms with Gasteiger partial charge in [-0.1, -0.05) is 72.8 Å². The van der Waals surface area contributed by atoms with Gasteiger partial charge in [0, 0.05) is 25.2 Å². The molecule has 0 N–H and O–H groups in total. The third-order valence-electron chi connectivity index (χ3n) is 7.01. The van der Waals surface area contributed by atoms with Gasteiger partial charge in [-0.25, -0.2) is 9.78 Å². The first kappa shape index (κ1) is 26.6. The van der Waals surface area contributed by atoms with Gasteiger partial charge >= 0.3 is 5.97 Å². The molecule has 1 aliphatic heterocycles. The lowest BCUT2D eigenvalue weighted by Crippen LogP contribution is -2.39. The molecule has 6 nitrogen and oxygen atoms in total. The van der Waals surface area contributed by atoms with E-state index in [4.69, 9.17) is 9.72 Å². The maximum atomic E-state index is 13.9. The van der Waals surface area contributed by atoms with Gasteiger partial charge in [0.2, 0.25) is 0 Å². The quantitative estimate of drug-likeness (QED) is 0.305. The van der Waals surface area contributed by atoms with Crippen molar-refractivity contribution in [3.8, 4) is 0 Å². The SMILES string of the molecule is Cc1nc2c(c(=O)n1C(c1ccccc1)c1ccccc1)CCN(Cc1ccc(C(=O)OC(C)(C)C)cc1)C2. The molecule has 0 bridgehead atoms. The minimum absolute atomic E-state index is 0.0385. The van der Waals surface area contributed by atoms with E-state index in [0.717, 1.165) is 34.5 Å². The first-order valence-electron chi connectivity index (χ1n) is 13.4. The van der Waals surface area contributed by atoms with Gasteiger partial charge in [0.15, 0.2) is 0 Å². The number of rotatable bonds is 6. The maximum Gasteiger partial charge on any atom is 0.338 e. The summed E-state index contributed by atoms with van der Waals surface area (Å²) in [5.74, 6) is 0.390. The third kappa shape index (κ3) is 6.02. The Morgan fingerprint density at radius 3 is 2.08 bits per heavy atom. The summed E-state index contributed by atoms with van der Waals surface area (Å²) in [5.41, 5.74) is 4.93. The summed E-state index contributed by atoms with van der Waals surface area (Å²) in [6, 6.07) is 27.6. The highest BCUT2D eigenvalue weighted by Crippen LogP contribution is 2.27. The Balaban J connectivity index is 1.38. The van der Waals surface area contributed by atoms with Crippen LogP contribution in [0.1, 0.15) is 70.9 Å². The minimum atomic E-state index is -0.525. The van der Waals surface area contributed by atoms with Crippen molar-refractivity contribution in [2.75, 3.05) is 6.54 Å². The molecule has 0 radical (unpaired) electrons. The Labute approximate surface area is 229 Å². The van der Waals surface area contributed by atoms with Crippen LogP contribution in [0.4, 0.5) is 0 Å². The lowest BCUT2D eigenvalue weighted by Gasteiger charge is -2.30. The number of hydrogen-bond acceptors (Lipinski definition) is 5. The topological polar surface area (TPSA) is 64.4 Å². The largest absolute Gasteiger partial charge is 0.456 e. The first-order chi connectivity index (χ1) is 18.7. The fourth-order valence-corrected chi connectivity index (χ4v) is 5.22. The molecular formula is C33H35N3O3. The van der Waals surface area contributed by atoms with E-state index in [-0.39, 0.29) is 17.6 Å². The summed E-state index contributed by atoms with van der Waals surface area (Å²) < 4.78 is 7.32. The number of benzene rings is 3. The van der Waals surface area contributed by atoms with Gasteiger partial charge in [-0.15, -0.1) is 0 Å². The number of nitrogens with zero attached hydrogens (tertiary/aromatic N) is 3. The molecule has 0 aliphatic carbocycles. The van der Waals surface area contributed by atoms with Gasteiger partial charge < -0.3 is 4.74 Å². The number of carbonyl (C=O) groups is 1. The van der Waals surface area contributed by atoms with Crippen LogP contribution >= 0.6 is 0 Å². The van der Waals surface area contributed by atoms with E-state index in [1.54, 1.807) is 0 Å². The molecule has 5 rings (SSSR count). The summed E-state index contributed by atoms with van der Waals surface area (Å²) in [7, 11) is 0. The number of ether oxygens (including phenoxy) is 1. The number of aryl methyl sites for hydroxylation is 1. The maximum absolute atomic E-state index is 13.9. The van der Waals surface area contributed by atoms with Crippen molar-refractivity contribution in [1.82, 2.24) is 14.5 Å². The van der Waals surface area contributed by atoms with Gasteiger partial charge in [0.25, 0.3) is 5.56 Å². The number of aromatic nitrogens is 2. The van der Waals surface area contributed by atoms with Crippen LogP contribution in [0.25, 0.3) is 0 Å². The number of esters is 1. The summed E-state index contributed by atoms with van der Waals surface area (Å²) in [6.07, 6.45) is 0.647. The molecule has 200 valence electrons. The molecule has 0 fully saturated rings. The first-order valence-corrected chi connectivity index (χ1v) is 13.4. The van der Waals surface area contributed by atoms with E-state index < -0.39 is 5.60 Å². The predicted molar refractivity (Wildman–Crippen MR) is 153 cm³/mol. The molecule has 0 spiro atoms. The van der Waals surface area contributed by atoms with Gasteiger partial charge in [0.05, 0.1) is 17.3 Å². The van der Waals surface area contributed by atoms with Crippen molar-refractivity contribution in [2.45, 2.75) is 58.8 Å². The zero-order chi connectivity index (χ0) is 27.6. The van der Waals surface area contributed by atoms with Crippen molar-refractivity contribution in [1.29, 1.82) is 0 Å². The summed E-state index contributed by atoms with van der Waals surface area (Å²) in [5, 5.41) is 0. The van der Waals surface area contributed by atoms with Gasteiger partial charge in [-0.3, -0.25) is 14.3 Å². The van der Waals surface area contributed by atoms with Crippen LogP contribution in [0, 0.1) is 6.92 Å². The molecule has 2 heterocycles. The molecule has 0 atom stereocenters. The fourth-order valence-electron chi connectivity index (χ4n) is 5.22. The molecule has 39 heavy (non-hydrogen) atoms. The van der Waals surface area contributed by atoms with Crippen molar-refractivity contribution >= 4 is 5.97 Å². The lowest BCUT2D eigenvalue weighted by atomic mass is 9.97. The van der Waals surface area contributed by atoms with Crippen LogP contribution in [-0.4, -0.2) is 32.6 Å². The Morgan fingerprint density at radius 2 is 1.51 bits per heavy atom. The van der Waals surface area contributed by atoms with Crippen molar-refractivity contribution < 1.29 is 9.53 Å². The standard InChI is InChI=1S/C33H35N3O3/c1-23-34-29-22-35(21-24-15-17-27(18-16-24)32(38)39-33(2,3)4)20-19-28(29)31(37)36(23)30(25-11-7-5-8-12-25)26-13-9-6-10-14-26/h5-18,30H,19-22H2,1-4H3. The molecular weight excluding hydrogens is 486 g/mol. The van der Waals surface area contributed by atoms with Crippen LogP contribution < -0.4 is 5.56 Å². The smallest absolute Gasteiger partial charge is 0.338 e. The number of hydrogen-bond donors (Lipinski definition) is 0. The molecule has 4 aromatic rings. The van der Waals surface area contributed by atoms with Crippen LogP contribution in [0.5, 0.6) is 0 Å². The Bertz CT molecular complexity index is 1470. The lowest BCUT2D eigenvalue weighted by molar-refractivity contribution is 0.00695. The molecule has 6 heteroatoms. The summed E-state index contributed by atoms with van der Waals surface area (Å²) in [4.78, 5) is 33.6. The van der Waals surface area contributed by atoms with Crippen LogP contribution in [0.15, 0.2) is 89.7 Å². The highest BCUT2D eigenvalue weighted by molar-refractivity contribution is 5.89. The molecule has 3 aromatic carbocycles. The van der Waals surface area contributed by atoms with E-state index in [1.165, 1.54) is 0 Å².